The smallest absolute Gasteiger partial charge is 0.252 e. The van der Waals surface area contributed by atoms with E-state index in [0.717, 1.165) is 68.7 Å². The van der Waals surface area contributed by atoms with Crippen molar-refractivity contribution in [2.75, 3.05) is 54.4 Å². The van der Waals surface area contributed by atoms with Crippen molar-refractivity contribution in [2.24, 2.45) is 0 Å². The molecule has 5 heterocycles. The third-order valence-corrected chi connectivity index (χ3v) is 6.85. The average molecular weight is 448 g/mol. The van der Waals surface area contributed by atoms with Crippen molar-refractivity contribution < 1.29 is 4.79 Å². The van der Waals surface area contributed by atoms with Gasteiger partial charge in [-0.1, -0.05) is 6.58 Å². The van der Waals surface area contributed by atoms with E-state index in [0.29, 0.717) is 18.2 Å². The lowest BCUT2D eigenvalue weighted by Gasteiger charge is -2.42. The van der Waals surface area contributed by atoms with Crippen LogP contribution in [0, 0.1) is 0 Å². The fourth-order valence-corrected chi connectivity index (χ4v) is 5.08. The Balaban J connectivity index is 1.18. The number of amides is 1. The molecule has 0 unspecified atom stereocenters. The maximum Gasteiger partial charge on any atom is 0.252 e. The number of nitrogens with zero attached hydrogens (tertiary/aromatic N) is 5. The van der Waals surface area contributed by atoms with Gasteiger partial charge in [0.25, 0.3) is 5.91 Å². The Bertz CT molecular complexity index is 1010. The van der Waals surface area contributed by atoms with Gasteiger partial charge in [-0.2, -0.15) is 0 Å². The van der Waals surface area contributed by atoms with E-state index >= 15 is 0 Å². The van der Waals surface area contributed by atoms with Gasteiger partial charge in [0.15, 0.2) is 5.82 Å². The van der Waals surface area contributed by atoms with Crippen LogP contribution in [0.2, 0.25) is 0 Å². The highest BCUT2D eigenvalue weighted by Gasteiger charge is 2.32. The van der Waals surface area contributed by atoms with Crippen LogP contribution < -0.4 is 20.4 Å². The molecule has 0 spiro atoms. The molecule has 8 heteroatoms. The molecule has 0 saturated carbocycles. The quantitative estimate of drug-likeness (QED) is 0.730. The summed E-state index contributed by atoms with van der Waals surface area (Å²) in [5.41, 5.74) is 4.01. The number of aromatic nitrogens is 2. The molecule has 2 N–H and O–H groups in total. The molecule has 8 nitrogen and oxygen atoms in total. The minimum Gasteiger partial charge on any atom is -0.355 e. The van der Waals surface area contributed by atoms with Crippen molar-refractivity contribution >= 4 is 23.2 Å². The molecule has 5 rings (SSSR count). The number of carbonyl (C=O) groups is 1. The van der Waals surface area contributed by atoms with E-state index in [9.17, 15) is 4.79 Å². The average Bonchev–Trinajstić information content (AvgIpc) is 2.85. The highest BCUT2D eigenvalue weighted by Crippen LogP contribution is 2.37. The van der Waals surface area contributed by atoms with Crippen LogP contribution in [0.4, 0.5) is 17.3 Å². The second kappa shape index (κ2) is 9.39. The van der Waals surface area contributed by atoms with Gasteiger partial charge in [0.05, 0.1) is 17.3 Å². The fraction of sp³-hybridized carbons (Fsp3) is 0.480. The minimum atomic E-state index is -0.0751. The maximum atomic E-state index is 11.9. The zero-order valence-corrected chi connectivity index (χ0v) is 19.4. The van der Waals surface area contributed by atoms with Crippen molar-refractivity contribution in [1.82, 2.24) is 20.2 Å². The Kier molecular flexibility index (Phi) is 6.17. The largest absolute Gasteiger partial charge is 0.355 e. The lowest BCUT2D eigenvalue weighted by Crippen LogP contribution is -2.46. The highest BCUT2D eigenvalue weighted by molar-refractivity contribution is 5.94. The topological polar surface area (TPSA) is 76.6 Å². The highest BCUT2D eigenvalue weighted by atomic mass is 16.1. The summed E-state index contributed by atoms with van der Waals surface area (Å²) in [6, 6.07) is 6.42. The fourth-order valence-electron chi connectivity index (χ4n) is 5.08. The molecule has 2 fully saturated rings. The van der Waals surface area contributed by atoms with Crippen molar-refractivity contribution in [3.05, 3.63) is 54.0 Å². The molecule has 2 aromatic rings. The normalized spacial score (nSPS) is 20.6. The minimum absolute atomic E-state index is 0.0751. The van der Waals surface area contributed by atoms with E-state index in [-0.39, 0.29) is 5.91 Å². The SMILES string of the molecule is C=C1Nc2cc(CN3CCN(c4ccc(C(=O)NCC)cn4)CC3)cnc2N2CCCC[C@@H]12. The number of hydrogen-bond donors (Lipinski definition) is 2. The second-order valence-corrected chi connectivity index (χ2v) is 9.10. The Labute approximate surface area is 195 Å². The number of rotatable bonds is 5. The van der Waals surface area contributed by atoms with Crippen molar-refractivity contribution in [1.29, 1.82) is 0 Å². The molecular formula is C25H33N7O. The summed E-state index contributed by atoms with van der Waals surface area (Å²) in [5.74, 6) is 1.92. The maximum absolute atomic E-state index is 11.9. The van der Waals surface area contributed by atoms with E-state index in [1.54, 1.807) is 6.20 Å². The van der Waals surface area contributed by atoms with Gasteiger partial charge >= 0.3 is 0 Å². The van der Waals surface area contributed by atoms with Crippen molar-refractivity contribution in [3.63, 3.8) is 0 Å². The van der Waals surface area contributed by atoms with Gasteiger partial charge in [0.2, 0.25) is 0 Å². The molecule has 33 heavy (non-hydrogen) atoms. The number of piperazine rings is 1. The molecule has 0 aliphatic carbocycles. The summed E-state index contributed by atoms with van der Waals surface area (Å²) in [6.07, 6.45) is 7.34. The van der Waals surface area contributed by atoms with Gasteiger partial charge in [-0.3, -0.25) is 9.69 Å². The number of piperidine rings is 1. The Morgan fingerprint density at radius 3 is 2.76 bits per heavy atom. The molecule has 2 saturated heterocycles. The van der Waals surface area contributed by atoms with Gasteiger partial charge in [-0.15, -0.1) is 0 Å². The zero-order valence-electron chi connectivity index (χ0n) is 19.4. The van der Waals surface area contributed by atoms with Crippen LogP contribution in [0.25, 0.3) is 0 Å². The summed E-state index contributed by atoms with van der Waals surface area (Å²) >= 11 is 0. The summed E-state index contributed by atoms with van der Waals surface area (Å²) in [7, 11) is 0. The summed E-state index contributed by atoms with van der Waals surface area (Å²) in [6.45, 7) is 12.5. The van der Waals surface area contributed by atoms with E-state index in [1.165, 1.54) is 18.4 Å². The Morgan fingerprint density at radius 1 is 1.15 bits per heavy atom. The first kappa shape index (κ1) is 21.7. The number of carbonyl (C=O) groups excluding carboxylic acids is 1. The van der Waals surface area contributed by atoms with Crippen LogP contribution in [0.1, 0.15) is 42.1 Å². The van der Waals surface area contributed by atoms with Gasteiger partial charge in [0, 0.05) is 63.9 Å². The summed E-state index contributed by atoms with van der Waals surface area (Å²) in [4.78, 5) is 28.5. The standard InChI is InChI=1S/C25H33N7O/c1-3-26-25(33)20-7-8-23(27-16-20)31-12-10-30(11-13-31)17-19-14-21-24(28-15-19)32-9-5-4-6-22(32)18(2)29-21/h7-8,14-16,22,29H,2-6,9-13,17H2,1H3,(H,26,33)/t22-/m0/s1. The van der Waals surface area contributed by atoms with Crippen LogP contribution in [0.15, 0.2) is 42.9 Å². The van der Waals surface area contributed by atoms with E-state index in [2.05, 4.69) is 43.0 Å². The Morgan fingerprint density at radius 2 is 2.00 bits per heavy atom. The van der Waals surface area contributed by atoms with Crippen molar-refractivity contribution in [2.45, 2.75) is 38.8 Å². The van der Waals surface area contributed by atoms with Crippen LogP contribution in [0.3, 0.4) is 0 Å². The molecule has 3 aliphatic heterocycles. The van der Waals surface area contributed by atoms with Gasteiger partial charge in [-0.25, -0.2) is 9.97 Å². The summed E-state index contributed by atoms with van der Waals surface area (Å²) in [5, 5.41) is 6.33. The first-order valence-electron chi connectivity index (χ1n) is 12.1. The third-order valence-electron chi connectivity index (χ3n) is 6.85. The number of pyridine rings is 2. The number of anilines is 3. The number of fused-ring (bicyclic) bond motifs is 3. The van der Waals surface area contributed by atoms with Gasteiger partial charge in [-0.05, 0) is 49.9 Å². The van der Waals surface area contributed by atoms with Crippen LogP contribution in [0.5, 0.6) is 0 Å². The lowest BCUT2D eigenvalue weighted by molar-refractivity contribution is 0.0955. The lowest BCUT2D eigenvalue weighted by atomic mass is 9.97. The predicted octanol–water partition coefficient (Wildman–Crippen LogP) is 2.85. The van der Waals surface area contributed by atoms with Gasteiger partial charge < -0.3 is 20.4 Å². The Hall–Kier alpha value is -3.13. The first-order valence-corrected chi connectivity index (χ1v) is 12.1. The molecule has 174 valence electrons. The molecule has 0 radical (unpaired) electrons. The van der Waals surface area contributed by atoms with E-state index < -0.39 is 0 Å². The molecule has 2 aromatic heterocycles. The summed E-state index contributed by atoms with van der Waals surface area (Å²) < 4.78 is 0. The second-order valence-electron chi connectivity index (χ2n) is 9.10. The predicted molar refractivity (Wildman–Crippen MR) is 132 cm³/mol. The molecule has 3 aliphatic rings. The number of nitrogens with one attached hydrogen (secondary N) is 2. The molecule has 0 bridgehead atoms. The molecule has 0 aromatic carbocycles. The van der Waals surface area contributed by atoms with E-state index in [1.807, 2.05) is 25.3 Å². The van der Waals surface area contributed by atoms with Gasteiger partial charge in [0.1, 0.15) is 5.82 Å². The first-order chi connectivity index (χ1) is 16.1. The number of hydrogen-bond acceptors (Lipinski definition) is 7. The van der Waals surface area contributed by atoms with Crippen LogP contribution in [-0.2, 0) is 6.54 Å². The third kappa shape index (κ3) is 4.53. The molecule has 1 atom stereocenters. The van der Waals surface area contributed by atoms with E-state index in [4.69, 9.17) is 4.98 Å². The molecule has 1 amide bonds. The van der Waals surface area contributed by atoms with Crippen LogP contribution in [-0.4, -0.2) is 66.1 Å². The van der Waals surface area contributed by atoms with Crippen molar-refractivity contribution in [3.8, 4) is 0 Å². The van der Waals surface area contributed by atoms with Crippen LogP contribution >= 0.6 is 0 Å². The molecular weight excluding hydrogens is 414 g/mol. The zero-order chi connectivity index (χ0) is 22.8. The monoisotopic (exact) mass is 447 g/mol.